The van der Waals surface area contributed by atoms with Crippen molar-refractivity contribution in [1.29, 1.82) is 0 Å². The molecular formula is C17H24N2O. The van der Waals surface area contributed by atoms with Crippen molar-refractivity contribution in [2.75, 3.05) is 26.2 Å². The zero-order valence-corrected chi connectivity index (χ0v) is 12.1. The zero-order valence-electron chi connectivity index (χ0n) is 12.1. The first-order valence-corrected chi connectivity index (χ1v) is 8.10. The number of likely N-dealkylation sites (tertiary alicyclic amines) is 1. The average Bonchev–Trinajstić information content (AvgIpc) is 3.03. The summed E-state index contributed by atoms with van der Waals surface area (Å²) in [6.45, 7) is 4.57. The lowest BCUT2D eigenvalue weighted by molar-refractivity contribution is 0.262. The Kier molecular flexibility index (Phi) is 3.41. The van der Waals surface area contributed by atoms with Crippen LogP contribution in [0.3, 0.4) is 0 Å². The number of nitrogens with one attached hydrogen (secondary N) is 1. The largest absolute Gasteiger partial charge is 0.493 e. The number of benzene rings is 1. The van der Waals surface area contributed by atoms with Crippen LogP contribution in [-0.4, -0.2) is 43.2 Å². The standard InChI is InChI=1S/C17H24N2O/c1-4-17-14(7-10-20-17)11-13(1)5-8-19-9-6-15-2-3-16(12-19)18-15/h1,4,11,15-16,18H,2-3,5-10,12H2. The molecule has 0 aromatic heterocycles. The highest BCUT2D eigenvalue weighted by atomic mass is 16.5. The average molecular weight is 272 g/mol. The maximum atomic E-state index is 5.58. The highest BCUT2D eigenvalue weighted by Gasteiger charge is 2.28. The molecule has 3 aliphatic heterocycles. The van der Waals surface area contributed by atoms with E-state index in [2.05, 4.69) is 28.4 Å². The summed E-state index contributed by atoms with van der Waals surface area (Å²) in [7, 11) is 0. The van der Waals surface area contributed by atoms with Crippen molar-refractivity contribution in [3.8, 4) is 5.75 Å². The number of hydrogen-bond donors (Lipinski definition) is 1. The Morgan fingerprint density at radius 1 is 1.20 bits per heavy atom. The highest BCUT2D eigenvalue weighted by Crippen LogP contribution is 2.26. The van der Waals surface area contributed by atoms with E-state index in [1.807, 2.05) is 0 Å². The summed E-state index contributed by atoms with van der Waals surface area (Å²) in [6.07, 6.45) is 6.35. The Morgan fingerprint density at radius 2 is 2.15 bits per heavy atom. The topological polar surface area (TPSA) is 24.5 Å². The van der Waals surface area contributed by atoms with Gasteiger partial charge in [0.2, 0.25) is 0 Å². The van der Waals surface area contributed by atoms with Crippen LogP contribution in [-0.2, 0) is 12.8 Å². The minimum atomic E-state index is 0.746. The predicted molar refractivity (Wildman–Crippen MR) is 80.3 cm³/mol. The van der Waals surface area contributed by atoms with Crippen LogP contribution in [0.5, 0.6) is 5.75 Å². The number of ether oxygens (including phenoxy) is 1. The third-order valence-corrected chi connectivity index (χ3v) is 5.08. The molecule has 1 aromatic carbocycles. The Hall–Kier alpha value is -1.06. The van der Waals surface area contributed by atoms with Gasteiger partial charge in [-0.2, -0.15) is 0 Å². The van der Waals surface area contributed by atoms with Gasteiger partial charge >= 0.3 is 0 Å². The molecule has 0 amide bonds. The van der Waals surface area contributed by atoms with E-state index in [-0.39, 0.29) is 0 Å². The predicted octanol–water partition coefficient (Wildman–Crippen LogP) is 1.99. The van der Waals surface area contributed by atoms with Crippen LogP contribution in [0.15, 0.2) is 18.2 Å². The number of fused-ring (bicyclic) bond motifs is 3. The molecular weight excluding hydrogens is 248 g/mol. The molecule has 1 aromatic rings. The molecule has 108 valence electrons. The second-order valence-corrected chi connectivity index (χ2v) is 6.52. The molecule has 3 heteroatoms. The van der Waals surface area contributed by atoms with Crippen LogP contribution >= 0.6 is 0 Å². The Bertz CT molecular complexity index is 488. The number of rotatable bonds is 3. The van der Waals surface area contributed by atoms with Crippen molar-refractivity contribution in [1.82, 2.24) is 10.2 Å². The minimum absolute atomic E-state index is 0.746. The Morgan fingerprint density at radius 3 is 3.15 bits per heavy atom. The molecule has 1 N–H and O–H groups in total. The zero-order chi connectivity index (χ0) is 13.4. The van der Waals surface area contributed by atoms with Gasteiger partial charge in [0.05, 0.1) is 6.61 Å². The van der Waals surface area contributed by atoms with Crippen molar-refractivity contribution in [3.63, 3.8) is 0 Å². The van der Waals surface area contributed by atoms with Gasteiger partial charge in [-0.25, -0.2) is 0 Å². The van der Waals surface area contributed by atoms with E-state index in [1.54, 1.807) is 0 Å². The molecule has 2 unspecified atom stereocenters. The van der Waals surface area contributed by atoms with E-state index in [4.69, 9.17) is 4.74 Å². The third-order valence-electron chi connectivity index (χ3n) is 5.08. The van der Waals surface area contributed by atoms with Crippen LogP contribution in [0.1, 0.15) is 30.4 Å². The van der Waals surface area contributed by atoms with E-state index in [0.29, 0.717) is 0 Å². The number of hydrogen-bond acceptors (Lipinski definition) is 3. The summed E-state index contributed by atoms with van der Waals surface area (Å²) in [5.41, 5.74) is 2.87. The molecule has 3 heterocycles. The van der Waals surface area contributed by atoms with Crippen LogP contribution in [0, 0.1) is 0 Å². The van der Waals surface area contributed by atoms with E-state index >= 15 is 0 Å². The molecule has 4 rings (SSSR count). The molecule has 2 atom stereocenters. The summed E-state index contributed by atoms with van der Waals surface area (Å²) in [6, 6.07) is 8.29. The smallest absolute Gasteiger partial charge is 0.122 e. The van der Waals surface area contributed by atoms with Gasteiger partial charge in [-0.3, -0.25) is 0 Å². The molecule has 0 spiro atoms. The van der Waals surface area contributed by atoms with Gasteiger partial charge in [0.15, 0.2) is 0 Å². The normalized spacial score (nSPS) is 29.0. The summed E-state index contributed by atoms with van der Waals surface area (Å²) >= 11 is 0. The molecule has 0 saturated carbocycles. The third kappa shape index (κ3) is 2.57. The van der Waals surface area contributed by atoms with Gasteiger partial charge in [-0.15, -0.1) is 0 Å². The van der Waals surface area contributed by atoms with Gasteiger partial charge in [0, 0.05) is 31.6 Å². The fourth-order valence-electron chi connectivity index (χ4n) is 3.90. The second kappa shape index (κ2) is 5.38. The molecule has 20 heavy (non-hydrogen) atoms. The van der Waals surface area contributed by atoms with Gasteiger partial charge in [0.25, 0.3) is 0 Å². The lowest BCUT2D eigenvalue weighted by Gasteiger charge is -2.23. The summed E-state index contributed by atoms with van der Waals surface area (Å²) < 4.78 is 5.58. The highest BCUT2D eigenvalue weighted by molar-refractivity contribution is 5.39. The van der Waals surface area contributed by atoms with E-state index < -0.39 is 0 Å². The van der Waals surface area contributed by atoms with Gasteiger partial charge in [-0.1, -0.05) is 12.1 Å². The van der Waals surface area contributed by atoms with Crippen molar-refractivity contribution in [2.45, 2.75) is 44.2 Å². The van der Waals surface area contributed by atoms with Gasteiger partial charge < -0.3 is 15.0 Å². The monoisotopic (exact) mass is 272 g/mol. The molecule has 3 aliphatic rings. The summed E-state index contributed by atoms with van der Waals surface area (Å²) in [5, 5.41) is 3.76. The van der Waals surface area contributed by atoms with Crippen molar-refractivity contribution < 1.29 is 4.74 Å². The van der Waals surface area contributed by atoms with Crippen LogP contribution in [0.4, 0.5) is 0 Å². The quantitative estimate of drug-likeness (QED) is 0.911. The summed E-state index contributed by atoms with van der Waals surface area (Å²) in [5.74, 6) is 1.10. The second-order valence-electron chi connectivity index (χ2n) is 6.52. The van der Waals surface area contributed by atoms with E-state index in [1.165, 1.54) is 56.4 Å². The van der Waals surface area contributed by atoms with Gasteiger partial charge in [-0.05, 0) is 49.4 Å². The molecule has 2 bridgehead atoms. The molecule has 0 radical (unpaired) electrons. The van der Waals surface area contributed by atoms with Crippen LogP contribution in [0.25, 0.3) is 0 Å². The lowest BCUT2D eigenvalue weighted by Crippen LogP contribution is -2.36. The van der Waals surface area contributed by atoms with Gasteiger partial charge in [0.1, 0.15) is 5.75 Å². The first-order chi connectivity index (χ1) is 9.87. The molecule has 0 aliphatic carbocycles. The minimum Gasteiger partial charge on any atom is -0.493 e. The summed E-state index contributed by atoms with van der Waals surface area (Å²) in [4.78, 5) is 2.65. The van der Waals surface area contributed by atoms with Crippen molar-refractivity contribution >= 4 is 0 Å². The first-order valence-electron chi connectivity index (χ1n) is 8.10. The van der Waals surface area contributed by atoms with Crippen molar-refractivity contribution in [3.05, 3.63) is 29.3 Å². The van der Waals surface area contributed by atoms with Crippen LogP contribution < -0.4 is 10.1 Å². The van der Waals surface area contributed by atoms with E-state index in [0.717, 1.165) is 30.9 Å². The van der Waals surface area contributed by atoms with Crippen molar-refractivity contribution in [2.24, 2.45) is 0 Å². The maximum absolute atomic E-state index is 5.58. The fraction of sp³-hybridized carbons (Fsp3) is 0.647. The van der Waals surface area contributed by atoms with Crippen LogP contribution in [0.2, 0.25) is 0 Å². The maximum Gasteiger partial charge on any atom is 0.122 e. The Labute approximate surface area is 121 Å². The fourth-order valence-corrected chi connectivity index (χ4v) is 3.90. The number of nitrogens with zero attached hydrogens (tertiary/aromatic N) is 1. The molecule has 3 nitrogen and oxygen atoms in total. The molecule has 2 fully saturated rings. The Balaban J connectivity index is 1.36. The lowest BCUT2D eigenvalue weighted by atomic mass is 10.0. The van der Waals surface area contributed by atoms with E-state index in [9.17, 15) is 0 Å². The first kappa shape index (κ1) is 12.7. The molecule has 2 saturated heterocycles. The SMILES string of the molecule is c1cc2c(cc1CCN1CCC3CCC(C1)N3)CCO2.